The van der Waals surface area contributed by atoms with Gasteiger partial charge in [-0.3, -0.25) is 0 Å². The van der Waals surface area contributed by atoms with Gasteiger partial charge < -0.3 is 15.1 Å². The summed E-state index contributed by atoms with van der Waals surface area (Å²) in [7, 11) is 1.33. The lowest BCUT2D eigenvalue weighted by Gasteiger charge is -2.01. The lowest BCUT2D eigenvalue weighted by atomic mass is 10.3. The molecule has 0 fully saturated rings. The van der Waals surface area contributed by atoms with Crippen LogP contribution in [0.4, 0.5) is 0 Å². The third-order valence-electron chi connectivity index (χ3n) is 1.06. The van der Waals surface area contributed by atoms with Crippen molar-refractivity contribution >= 4 is 0 Å². The molecule has 0 unspecified atom stereocenters. The largest absolute Gasteiger partial charge is 0.508 e. The van der Waals surface area contributed by atoms with E-state index in [2.05, 4.69) is 9.78 Å². The van der Waals surface area contributed by atoms with Gasteiger partial charge >= 0.3 is 0 Å². The Morgan fingerprint density at radius 1 is 1.09 bits per heavy atom. The number of benzene rings is 1. The molecular formula is C7H8O4. The van der Waals surface area contributed by atoms with Crippen LogP contribution in [-0.2, 0) is 4.89 Å². The third kappa shape index (κ3) is 2.01. The first-order valence-electron chi connectivity index (χ1n) is 2.96. The van der Waals surface area contributed by atoms with E-state index in [0.29, 0.717) is 0 Å². The Labute approximate surface area is 63.5 Å². The number of phenols is 2. The first kappa shape index (κ1) is 7.68. The van der Waals surface area contributed by atoms with Gasteiger partial charge in [-0.15, -0.1) is 0 Å². The smallest absolute Gasteiger partial charge is 0.172 e. The van der Waals surface area contributed by atoms with Gasteiger partial charge in [-0.2, -0.15) is 4.89 Å². The molecule has 0 amide bonds. The number of phenolic OH excluding ortho intramolecular Hbond substituents is 2. The summed E-state index contributed by atoms with van der Waals surface area (Å²) in [5.41, 5.74) is 0. The van der Waals surface area contributed by atoms with E-state index in [0.717, 1.165) is 0 Å². The van der Waals surface area contributed by atoms with Gasteiger partial charge in [-0.1, -0.05) is 0 Å². The molecular weight excluding hydrogens is 148 g/mol. The summed E-state index contributed by atoms with van der Waals surface area (Å²) in [6, 6.07) is 3.84. The fourth-order valence-corrected chi connectivity index (χ4v) is 0.712. The van der Waals surface area contributed by atoms with Gasteiger partial charge in [0.15, 0.2) is 5.75 Å². The summed E-state index contributed by atoms with van der Waals surface area (Å²) in [5.74, 6) is 0.110. The van der Waals surface area contributed by atoms with Crippen molar-refractivity contribution < 1.29 is 20.0 Å². The van der Waals surface area contributed by atoms with Gasteiger partial charge in [0.25, 0.3) is 0 Å². The van der Waals surface area contributed by atoms with Gasteiger partial charge in [0.05, 0.1) is 7.11 Å². The van der Waals surface area contributed by atoms with Crippen molar-refractivity contribution in [1.82, 2.24) is 0 Å². The van der Waals surface area contributed by atoms with E-state index < -0.39 is 0 Å². The molecule has 0 saturated heterocycles. The molecule has 0 bridgehead atoms. The Bertz CT molecular complexity index is 226. The molecule has 0 radical (unpaired) electrons. The monoisotopic (exact) mass is 156 g/mol. The summed E-state index contributed by atoms with van der Waals surface area (Å²) in [6.07, 6.45) is 0. The summed E-state index contributed by atoms with van der Waals surface area (Å²) in [4.78, 5) is 8.86. The second-order valence-corrected chi connectivity index (χ2v) is 1.94. The first-order chi connectivity index (χ1) is 5.22. The highest BCUT2D eigenvalue weighted by molar-refractivity contribution is 5.39. The number of hydrogen-bond donors (Lipinski definition) is 2. The molecule has 0 aliphatic rings. The number of rotatable bonds is 2. The zero-order chi connectivity index (χ0) is 8.27. The molecule has 0 aliphatic carbocycles. The molecule has 11 heavy (non-hydrogen) atoms. The Morgan fingerprint density at radius 3 is 2.09 bits per heavy atom. The van der Waals surface area contributed by atoms with Gasteiger partial charge in [-0.05, 0) is 0 Å². The van der Waals surface area contributed by atoms with Crippen LogP contribution in [0.2, 0.25) is 0 Å². The van der Waals surface area contributed by atoms with Gasteiger partial charge in [0.2, 0.25) is 0 Å². The van der Waals surface area contributed by atoms with E-state index in [9.17, 15) is 0 Å². The van der Waals surface area contributed by atoms with E-state index >= 15 is 0 Å². The molecule has 0 aliphatic heterocycles. The topological polar surface area (TPSA) is 58.9 Å². The normalized spacial score (nSPS) is 9.55. The molecule has 2 N–H and O–H groups in total. The maximum atomic E-state index is 8.92. The molecule has 0 saturated carbocycles. The van der Waals surface area contributed by atoms with Crippen LogP contribution in [0, 0.1) is 0 Å². The predicted molar refractivity (Wildman–Crippen MR) is 37.4 cm³/mol. The Kier molecular flexibility index (Phi) is 2.18. The van der Waals surface area contributed by atoms with E-state index in [1.807, 2.05) is 0 Å². The molecule has 4 heteroatoms. The Morgan fingerprint density at radius 2 is 1.64 bits per heavy atom. The standard InChI is InChI=1S/C7H8O4/c1-10-11-7-3-5(8)2-6(9)4-7/h2-4,8-9H,1H3. The number of aromatic hydroxyl groups is 2. The molecule has 0 aromatic heterocycles. The highest BCUT2D eigenvalue weighted by atomic mass is 17.2. The van der Waals surface area contributed by atoms with Gasteiger partial charge in [0, 0.05) is 18.2 Å². The average molecular weight is 156 g/mol. The van der Waals surface area contributed by atoms with Crippen molar-refractivity contribution in [3.05, 3.63) is 18.2 Å². The fraction of sp³-hybridized carbons (Fsp3) is 0.143. The van der Waals surface area contributed by atoms with Crippen LogP contribution < -0.4 is 4.89 Å². The predicted octanol–water partition coefficient (Wildman–Crippen LogP) is 1.04. The Hall–Kier alpha value is -1.42. The highest BCUT2D eigenvalue weighted by Crippen LogP contribution is 2.25. The van der Waals surface area contributed by atoms with Crippen molar-refractivity contribution in [1.29, 1.82) is 0 Å². The summed E-state index contributed by atoms with van der Waals surface area (Å²) in [5, 5.41) is 17.8. The first-order valence-corrected chi connectivity index (χ1v) is 2.96. The molecule has 0 spiro atoms. The van der Waals surface area contributed by atoms with E-state index in [1.54, 1.807) is 0 Å². The van der Waals surface area contributed by atoms with Crippen LogP contribution in [0.25, 0.3) is 0 Å². The van der Waals surface area contributed by atoms with Crippen molar-refractivity contribution in [2.75, 3.05) is 7.11 Å². The van der Waals surface area contributed by atoms with Crippen LogP contribution in [0.5, 0.6) is 17.2 Å². The second-order valence-electron chi connectivity index (χ2n) is 1.94. The van der Waals surface area contributed by atoms with Crippen LogP contribution in [0.1, 0.15) is 0 Å². The van der Waals surface area contributed by atoms with Crippen molar-refractivity contribution in [3.8, 4) is 17.2 Å². The summed E-state index contributed by atoms with van der Waals surface area (Å²) >= 11 is 0. The maximum absolute atomic E-state index is 8.92. The van der Waals surface area contributed by atoms with Crippen LogP contribution in [0.3, 0.4) is 0 Å². The van der Waals surface area contributed by atoms with E-state index in [-0.39, 0.29) is 17.2 Å². The van der Waals surface area contributed by atoms with E-state index in [4.69, 9.17) is 10.2 Å². The van der Waals surface area contributed by atoms with Gasteiger partial charge in [0.1, 0.15) is 11.5 Å². The Balaban J connectivity index is 2.89. The molecule has 0 heterocycles. The zero-order valence-corrected chi connectivity index (χ0v) is 5.94. The molecule has 1 aromatic carbocycles. The summed E-state index contributed by atoms with van der Waals surface area (Å²) in [6.45, 7) is 0. The van der Waals surface area contributed by atoms with Crippen LogP contribution >= 0.6 is 0 Å². The number of hydrogen-bond acceptors (Lipinski definition) is 4. The van der Waals surface area contributed by atoms with E-state index in [1.165, 1.54) is 25.3 Å². The minimum atomic E-state index is -0.0722. The fourth-order valence-electron chi connectivity index (χ4n) is 0.712. The molecule has 0 atom stereocenters. The lowest BCUT2D eigenvalue weighted by Crippen LogP contribution is -1.89. The minimum absolute atomic E-state index is 0.0722. The van der Waals surface area contributed by atoms with Crippen molar-refractivity contribution in [3.63, 3.8) is 0 Å². The second kappa shape index (κ2) is 3.12. The van der Waals surface area contributed by atoms with Crippen molar-refractivity contribution in [2.45, 2.75) is 0 Å². The third-order valence-corrected chi connectivity index (χ3v) is 1.06. The SMILES string of the molecule is COOc1cc(O)cc(O)c1. The van der Waals surface area contributed by atoms with Crippen molar-refractivity contribution in [2.24, 2.45) is 0 Å². The lowest BCUT2D eigenvalue weighted by molar-refractivity contribution is -0.178. The summed E-state index contributed by atoms with van der Waals surface area (Å²) < 4.78 is 0. The van der Waals surface area contributed by atoms with Gasteiger partial charge in [-0.25, -0.2) is 0 Å². The van der Waals surface area contributed by atoms with Crippen LogP contribution in [0.15, 0.2) is 18.2 Å². The zero-order valence-electron chi connectivity index (χ0n) is 5.94. The maximum Gasteiger partial charge on any atom is 0.172 e. The molecule has 60 valence electrons. The highest BCUT2D eigenvalue weighted by Gasteiger charge is 1.99. The molecule has 1 rings (SSSR count). The minimum Gasteiger partial charge on any atom is -0.508 e. The molecule has 4 nitrogen and oxygen atoms in total. The molecule has 1 aromatic rings. The van der Waals surface area contributed by atoms with Crippen LogP contribution in [-0.4, -0.2) is 17.3 Å². The quantitative estimate of drug-likeness (QED) is 0.496. The average Bonchev–Trinajstić information content (AvgIpc) is 1.85.